The summed E-state index contributed by atoms with van der Waals surface area (Å²) in [6, 6.07) is 38.3. The number of hydrogen-bond donors (Lipinski definition) is 0. The van der Waals surface area contributed by atoms with Crippen molar-refractivity contribution in [2.24, 2.45) is 0 Å². The lowest BCUT2D eigenvalue weighted by atomic mass is 9.99. The Kier molecular flexibility index (Phi) is 3.90. The van der Waals surface area contributed by atoms with E-state index in [0.29, 0.717) is 0 Å². The van der Waals surface area contributed by atoms with Crippen LogP contribution in [0.2, 0.25) is 5.02 Å². The van der Waals surface area contributed by atoms with Crippen molar-refractivity contribution in [1.82, 2.24) is 4.57 Å². The molecule has 1 heterocycles. The quantitative estimate of drug-likeness (QED) is 0.274. The van der Waals surface area contributed by atoms with Gasteiger partial charge in [-0.25, -0.2) is 0 Å². The van der Waals surface area contributed by atoms with E-state index in [2.05, 4.69) is 95.6 Å². The second kappa shape index (κ2) is 6.76. The Bertz CT molecular complexity index is 1560. The van der Waals surface area contributed by atoms with Crippen molar-refractivity contribution in [2.45, 2.75) is 0 Å². The minimum absolute atomic E-state index is 0.771. The fraction of sp³-hybridized carbons (Fsp3) is 0. The maximum atomic E-state index is 6.59. The van der Waals surface area contributed by atoms with Gasteiger partial charge in [0, 0.05) is 27.0 Å². The standard InChI is InChI=1S/C28H18ClN/c29-25-13-5-3-10-22(25)23-12-7-15-27-28(23)24-11-4-6-14-26(24)30(27)21-17-16-19-8-1-2-9-20(19)18-21/h1-18H. The summed E-state index contributed by atoms with van der Waals surface area (Å²) < 4.78 is 2.36. The predicted octanol–water partition coefficient (Wildman–Crippen LogP) is 8.26. The topological polar surface area (TPSA) is 4.93 Å². The van der Waals surface area contributed by atoms with E-state index in [4.69, 9.17) is 11.6 Å². The van der Waals surface area contributed by atoms with Crippen LogP contribution in [-0.4, -0.2) is 4.57 Å². The van der Waals surface area contributed by atoms with Gasteiger partial charge >= 0.3 is 0 Å². The zero-order valence-electron chi connectivity index (χ0n) is 16.2. The van der Waals surface area contributed by atoms with Gasteiger partial charge in [0.15, 0.2) is 0 Å². The number of halogens is 1. The highest BCUT2D eigenvalue weighted by Gasteiger charge is 2.16. The van der Waals surface area contributed by atoms with Crippen molar-refractivity contribution in [3.8, 4) is 16.8 Å². The summed E-state index contributed by atoms with van der Waals surface area (Å²) in [6.07, 6.45) is 0. The Morgan fingerprint density at radius 2 is 1.23 bits per heavy atom. The fourth-order valence-electron chi connectivity index (χ4n) is 4.52. The summed E-state index contributed by atoms with van der Waals surface area (Å²) >= 11 is 6.59. The first kappa shape index (κ1) is 17.3. The van der Waals surface area contributed by atoms with Crippen molar-refractivity contribution >= 4 is 44.2 Å². The number of para-hydroxylation sites is 1. The molecule has 0 saturated heterocycles. The predicted molar refractivity (Wildman–Crippen MR) is 129 cm³/mol. The zero-order valence-corrected chi connectivity index (χ0v) is 17.0. The van der Waals surface area contributed by atoms with Crippen LogP contribution in [0.25, 0.3) is 49.4 Å². The first-order valence-corrected chi connectivity index (χ1v) is 10.5. The molecule has 2 heteroatoms. The van der Waals surface area contributed by atoms with Crippen molar-refractivity contribution in [3.63, 3.8) is 0 Å². The van der Waals surface area contributed by atoms with Crippen LogP contribution >= 0.6 is 11.6 Å². The Balaban J connectivity index is 1.74. The first-order valence-electron chi connectivity index (χ1n) is 10.1. The Morgan fingerprint density at radius 3 is 2.13 bits per heavy atom. The molecule has 0 N–H and O–H groups in total. The van der Waals surface area contributed by atoms with Gasteiger partial charge in [0.1, 0.15) is 0 Å². The average molecular weight is 404 g/mol. The Labute approximate surface area is 179 Å². The van der Waals surface area contributed by atoms with Gasteiger partial charge in [-0.2, -0.15) is 0 Å². The number of nitrogens with zero attached hydrogens (tertiary/aromatic N) is 1. The highest BCUT2D eigenvalue weighted by atomic mass is 35.5. The molecule has 6 aromatic rings. The molecule has 0 atom stereocenters. The van der Waals surface area contributed by atoms with Gasteiger partial charge in [0.25, 0.3) is 0 Å². The van der Waals surface area contributed by atoms with E-state index in [1.807, 2.05) is 18.2 Å². The van der Waals surface area contributed by atoms with Crippen molar-refractivity contribution in [1.29, 1.82) is 0 Å². The normalized spacial score (nSPS) is 11.5. The van der Waals surface area contributed by atoms with Crippen molar-refractivity contribution in [3.05, 3.63) is 114 Å². The molecule has 0 spiro atoms. The SMILES string of the molecule is Clc1ccccc1-c1cccc2c1c1ccccc1n2-c1ccc2ccccc2c1. The van der Waals surface area contributed by atoms with Crippen molar-refractivity contribution < 1.29 is 0 Å². The third kappa shape index (κ3) is 2.56. The molecule has 6 rings (SSSR count). The minimum Gasteiger partial charge on any atom is -0.309 e. The molecule has 1 aromatic heterocycles. The number of hydrogen-bond acceptors (Lipinski definition) is 0. The average Bonchev–Trinajstić information content (AvgIpc) is 3.14. The van der Waals surface area contributed by atoms with E-state index in [-0.39, 0.29) is 0 Å². The molecule has 142 valence electrons. The molecule has 0 bridgehead atoms. The molecule has 0 fully saturated rings. The number of aromatic nitrogens is 1. The van der Waals surface area contributed by atoms with Crippen LogP contribution in [-0.2, 0) is 0 Å². The minimum atomic E-state index is 0.771. The number of rotatable bonds is 2. The lowest BCUT2D eigenvalue weighted by Crippen LogP contribution is -1.93. The second-order valence-electron chi connectivity index (χ2n) is 7.56. The summed E-state index contributed by atoms with van der Waals surface area (Å²) in [5.41, 5.74) is 5.77. The maximum absolute atomic E-state index is 6.59. The van der Waals surface area contributed by atoms with Crippen LogP contribution in [0.5, 0.6) is 0 Å². The van der Waals surface area contributed by atoms with E-state index in [1.54, 1.807) is 0 Å². The molecule has 1 nitrogen and oxygen atoms in total. The monoisotopic (exact) mass is 403 g/mol. The Hall–Kier alpha value is -3.55. The van der Waals surface area contributed by atoms with Crippen LogP contribution in [0.4, 0.5) is 0 Å². The maximum Gasteiger partial charge on any atom is 0.0547 e. The van der Waals surface area contributed by atoms with E-state index in [1.165, 1.54) is 32.6 Å². The van der Waals surface area contributed by atoms with Gasteiger partial charge in [-0.1, -0.05) is 90.5 Å². The van der Waals surface area contributed by atoms with E-state index in [0.717, 1.165) is 21.8 Å². The molecule has 0 saturated carbocycles. The third-order valence-corrected chi connectivity index (χ3v) is 6.18. The molecule has 0 aliphatic carbocycles. The van der Waals surface area contributed by atoms with Crippen LogP contribution in [0.1, 0.15) is 0 Å². The molecule has 0 amide bonds. The number of fused-ring (bicyclic) bond motifs is 4. The van der Waals surface area contributed by atoms with E-state index >= 15 is 0 Å². The smallest absolute Gasteiger partial charge is 0.0547 e. The molecule has 0 radical (unpaired) electrons. The molecule has 0 unspecified atom stereocenters. The summed E-state index contributed by atoms with van der Waals surface area (Å²) in [5, 5.41) is 5.72. The van der Waals surface area contributed by atoms with Gasteiger partial charge in [0.05, 0.1) is 11.0 Å². The largest absolute Gasteiger partial charge is 0.309 e. The molecular formula is C28H18ClN. The zero-order chi connectivity index (χ0) is 20.1. The summed E-state index contributed by atoms with van der Waals surface area (Å²) in [6.45, 7) is 0. The van der Waals surface area contributed by atoms with Crippen molar-refractivity contribution in [2.75, 3.05) is 0 Å². The van der Waals surface area contributed by atoms with E-state index < -0.39 is 0 Å². The molecule has 30 heavy (non-hydrogen) atoms. The van der Waals surface area contributed by atoms with E-state index in [9.17, 15) is 0 Å². The summed E-state index contributed by atoms with van der Waals surface area (Å²) in [5.74, 6) is 0. The molecule has 0 aliphatic rings. The fourth-order valence-corrected chi connectivity index (χ4v) is 4.75. The van der Waals surface area contributed by atoms with Gasteiger partial charge in [-0.3, -0.25) is 0 Å². The van der Waals surface area contributed by atoms with Crippen LogP contribution in [0, 0.1) is 0 Å². The number of benzene rings is 5. The highest BCUT2D eigenvalue weighted by molar-refractivity contribution is 6.34. The second-order valence-corrected chi connectivity index (χ2v) is 7.97. The highest BCUT2D eigenvalue weighted by Crippen LogP contribution is 2.40. The van der Waals surface area contributed by atoms with Crippen LogP contribution < -0.4 is 0 Å². The summed E-state index contributed by atoms with van der Waals surface area (Å²) in [7, 11) is 0. The van der Waals surface area contributed by atoms with Crippen LogP contribution in [0.3, 0.4) is 0 Å². The third-order valence-electron chi connectivity index (χ3n) is 5.85. The van der Waals surface area contributed by atoms with Gasteiger partial charge < -0.3 is 4.57 Å². The van der Waals surface area contributed by atoms with Gasteiger partial charge in [-0.05, 0) is 46.7 Å². The Morgan fingerprint density at radius 1 is 0.533 bits per heavy atom. The molecule has 0 aliphatic heterocycles. The first-order chi connectivity index (χ1) is 14.8. The lowest BCUT2D eigenvalue weighted by molar-refractivity contribution is 1.19. The lowest BCUT2D eigenvalue weighted by Gasteiger charge is -2.10. The van der Waals surface area contributed by atoms with Gasteiger partial charge in [-0.15, -0.1) is 0 Å². The van der Waals surface area contributed by atoms with Gasteiger partial charge in [0.2, 0.25) is 0 Å². The molecule has 5 aromatic carbocycles. The molecular weight excluding hydrogens is 386 g/mol. The van der Waals surface area contributed by atoms with Crippen LogP contribution in [0.15, 0.2) is 109 Å². The summed E-state index contributed by atoms with van der Waals surface area (Å²) in [4.78, 5) is 0.